The lowest BCUT2D eigenvalue weighted by atomic mass is 10.1. The van der Waals surface area contributed by atoms with E-state index in [4.69, 9.17) is 0 Å². The van der Waals surface area contributed by atoms with Gasteiger partial charge in [0.2, 0.25) is 5.43 Å². The number of hydrogen-bond acceptors (Lipinski definition) is 6. The Kier molecular flexibility index (Phi) is 5.72. The summed E-state index contributed by atoms with van der Waals surface area (Å²) in [6.07, 6.45) is -4.69. The van der Waals surface area contributed by atoms with Crippen LogP contribution in [0.3, 0.4) is 0 Å². The molecule has 1 heterocycles. The molecule has 0 aliphatic rings. The van der Waals surface area contributed by atoms with Crippen LogP contribution in [0.1, 0.15) is 21.7 Å². The predicted octanol–water partition coefficient (Wildman–Crippen LogP) is 3.22. The van der Waals surface area contributed by atoms with Crippen LogP contribution in [-0.2, 0) is 6.18 Å². The van der Waals surface area contributed by atoms with Crippen molar-refractivity contribution in [3.63, 3.8) is 0 Å². The van der Waals surface area contributed by atoms with Gasteiger partial charge in [-0.25, -0.2) is 4.68 Å². The first-order valence-corrected chi connectivity index (χ1v) is 8.67. The molecule has 9 nitrogen and oxygen atoms in total. The zero-order valence-electron chi connectivity index (χ0n) is 15.8. The van der Waals surface area contributed by atoms with E-state index in [1.807, 2.05) is 0 Å². The van der Waals surface area contributed by atoms with E-state index >= 15 is 0 Å². The van der Waals surface area contributed by atoms with Crippen molar-refractivity contribution in [1.82, 2.24) is 15.2 Å². The summed E-state index contributed by atoms with van der Waals surface area (Å²) in [5, 5.41) is 14.8. The van der Waals surface area contributed by atoms with E-state index in [9.17, 15) is 32.9 Å². The second-order valence-electron chi connectivity index (χ2n) is 6.28. The third-order valence-corrected chi connectivity index (χ3v) is 4.17. The molecule has 0 unspecified atom stereocenters. The molecule has 1 amide bonds. The van der Waals surface area contributed by atoms with E-state index in [2.05, 4.69) is 16.0 Å². The lowest BCUT2D eigenvalue weighted by molar-refractivity contribution is -0.384. The van der Waals surface area contributed by atoms with Gasteiger partial charge in [-0.05, 0) is 25.1 Å². The van der Waals surface area contributed by atoms with Crippen LogP contribution in [0.5, 0.6) is 0 Å². The minimum Gasteiger partial charge on any atom is -0.292 e. The smallest absolute Gasteiger partial charge is 0.292 e. The molecule has 31 heavy (non-hydrogen) atoms. The average molecular weight is 433 g/mol. The van der Waals surface area contributed by atoms with Gasteiger partial charge in [-0.1, -0.05) is 24.3 Å². The van der Waals surface area contributed by atoms with Gasteiger partial charge in [0.15, 0.2) is 5.69 Å². The number of carbonyl (C=O) groups excluding carboxylic acids is 1. The molecule has 160 valence electrons. The maximum absolute atomic E-state index is 13.4. The molecule has 2 N–H and O–H groups in total. The number of aromatic nitrogens is 2. The largest absolute Gasteiger partial charge is 0.418 e. The van der Waals surface area contributed by atoms with Crippen LogP contribution in [-0.4, -0.2) is 20.6 Å². The molecule has 2 aromatic carbocycles. The molecule has 0 fully saturated rings. The Hall–Kier alpha value is -4.22. The number of hydrogen-bond donors (Lipinski definition) is 2. The quantitative estimate of drug-likeness (QED) is 0.471. The molecular weight excluding hydrogens is 419 g/mol. The van der Waals surface area contributed by atoms with E-state index < -0.39 is 33.7 Å². The van der Waals surface area contributed by atoms with Gasteiger partial charge in [-0.15, -0.1) is 0 Å². The van der Waals surface area contributed by atoms with Crippen LogP contribution >= 0.6 is 0 Å². The van der Waals surface area contributed by atoms with Crippen LogP contribution < -0.4 is 16.3 Å². The number of rotatable bonds is 5. The standard InChI is InChI=1S/C19H14F3N5O4/c1-11-10-16(28)17(18(29)24-23-13-7-3-5-9-15(13)27(30)31)25-26(11)14-8-4-2-6-12(14)19(20,21)22/h2-10,23H,1H3,(H,24,29). The molecule has 0 spiro atoms. The number of anilines is 1. The van der Waals surface area contributed by atoms with Gasteiger partial charge < -0.3 is 0 Å². The highest BCUT2D eigenvalue weighted by Gasteiger charge is 2.34. The Morgan fingerprint density at radius 3 is 2.45 bits per heavy atom. The monoisotopic (exact) mass is 433 g/mol. The number of nitrogens with one attached hydrogen (secondary N) is 2. The van der Waals surface area contributed by atoms with Crippen molar-refractivity contribution in [1.29, 1.82) is 0 Å². The van der Waals surface area contributed by atoms with Crippen LogP contribution in [0.2, 0.25) is 0 Å². The lowest BCUT2D eigenvalue weighted by Gasteiger charge is -2.16. The van der Waals surface area contributed by atoms with Crippen LogP contribution in [0.15, 0.2) is 59.4 Å². The molecule has 3 rings (SSSR count). The fourth-order valence-electron chi connectivity index (χ4n) is 2.77. The zero-order valence-corrected chi connectivity index (χ0v) is 15.8. The number of hydrazine groups is 1. The summed E-state index contributed by atoms with van der Waals surface area (Å²) in [5.41, 5.74) is 1.20. The first-order valence-electron chi connectivity index (χ1n) is 8.67. The number of carbonyl (C=O) groups is 1. The van der Waals surface area contributed by atoms with Gasteiger partial charge in [-0.3, -0.25) is 30.6 Å². The molecule has 0 aliphatic heterocycles. The minimum atomic E-state index is -4.69. The van der Waals surface area contributed by atoms with Crippen LogP contribution in [0.4, 0.5) is 24.5 Å². The van der Waals surface area contributed by atoms with Crippen molar-refractivity contribution in [2.24, 2.45) is 0 Å². The Bertz CT molecular complexity index is 1220. The summed E-state index contributed by atoms with van der Waals surface area (Å²) in [7, 11) is 0. The van der Waals surface area contributed by atoms with Crippen molar-refractivity contribution < 1.29 is 22.9 Å². The minimum absolute atomic E-state index is 0.0595. The second-order valence-corrected chi connectivity index (χ2v) is 6.28. The summed E-state index contributed by atoms with van der Waals surface area (Å²) >= 11 is 0. The van der Waals surface area contributed by atoms with Crippen molar-refractivity contribution in [2.75, 3.05) is 5.43 Å². The van der Waals surface area contributed by atoms with Gasteiger partial charge in [0.05, 0.1) is 16.2 Å². The molecule has 1 aromatic heterocycles. The number of para-hydroxylation sites is 3. The molecule has 3 aromatic rings. The zero-order chi connectivity index (χ0) is 22.8. The highest BCUT2D eigenvalue weighted by molar-refractivity contribution is 5.93. The van der Waals surface area contributed by atoms with Gasteiger partial charge in [-0.2, -0.15) is 18.3 Å². The maximum Gasteiger partial charge on any atom is 0.418 e. The third kappa shape index (κ3) is 4.52. The summed E-state index contributed by atoms with van der Waals surface area (Å²) < 4.78 is 40.9. The van der Waals surface area contributed by atoms with Crippen LogP contribution in [0, 0.1) is 17.0 Å². The first-order chi connectivity index (χ1) is 14.6. The van der Waals surface area contributed by atoms with Crippen molar-refractivity contribution in [3.05, 3.63) is 91.9 Å². The molecule has 0 atom stereocenters. The number of halogens is 3. The van der Waals surface area contributed by atoms with Gasteiger partial charge >= 0.3 is 6.18 Å². The molecule has 0 saturated heterocycles. The lowest BCUT2D eigenvalue weighted by Crippen LogP contribution is -2.35. The Morgan fingerprint density at radius 1 is 1.13 bits per heavy atom. The molecule has 0 aliphatic carbocycles. The Labute approximate surface area is 172 Å². The van der Waals surface area contributed by atoms with E-state index in [0.717, 1.165) is 22.9 Å². The predicted molar refractivity (Wildman–Crippen MR) is 104 cm³/mol. The number of nitro benzene ring substituents is 1. The fraction of sp³-hybridized carbons (Fsp3) is 0.105. The molecule has 0 saturated carbocycles. The topological polar surface area (TPSA) is 119 Å². The number of amides is 1. The van der Waals surface area contributed by atoms with Gasteiger partial charge in [0.1, 0.15) is 5.69 Å². The van der Waals surface area contributed by atoms with Gasteiger partial charge in [0.25, 0.3) is 11.6 Å². The fourth-order valence-corrected chi connectivity index (χ4v) is 2.77. The highest BCUT2D eigenvalue weighted by atomic mass is 19.4. The summed E-state index contributed by atoms with van der Waals surface area (Å²) in [4.78, 5) is 35.1. The third-order valence-electron chi connectivity index (χ3n) is 4.17. The van der Waals surface area contributed by atoms with E-state index in [-0.39, 0.29) is 22.8 Å². The summed E-state index contributed by atoms with van der Waals surface area (Å²) in [6.45, 7) is 1.37. The van der Waals surface area contributed by atoms with E-state index in [1.54, 1.807) is 0 Å². The van der Waals surface area contributed by atoms with E-state index in [1.165, 1.54) is 43.3 Å². The highest BCUT2D eigenvalue weighted by Crippen LogP contribution is 2.33. The number of alkyl halides is 3. The van der Waals surface area contributed by atoms with Crippen molar-refractivity contribution in [3.8, 4) is 5.69 Å². The first kappa shape index (κ1) is 21.5. The molecule has 0 radical (unpaired) electrons. The Balaban J connectivity index is 1.97. The normalized spacial score (nSPS) is 11.1. The maximum atomic E-state index is 13.4. The SMILES string of the molecule is Cc1cc(=O)c(C(=O)NNc2ccccc2[N+](=O)[O-])nn1-c1ccccc1C(F)(F)F. The second kappa shape index (κ2) is 8.26. The molecular formula is C19H14F3N5O4. The molecule has 12 heteroatoms. The Morgan fingerprint density at radius 2 is 1.77 bits per heavy atom. The van der Waals surface area contributed by atoms with E-state index in [0.29, 0.717) is 0 Å². The number of benzene rings is 2. The van der Waals surface area contributed by atoms with Crippen LogP contribution in [0.25, 0.3) is 5.69 Å². The number of aryl methyl sites for hydroxylation is 1. The number of nitro groups is 1. The van der Waals surface area contributed by atoms with Crippen molar-refractivity contribution in [2.45, 2.75) is 13.1 Å². The number of nitrogens with zero attached hydrogens (tertiary/aromatic N) is 3. The van der Waals surface area contributed by atoms with Gasteiger partial charge in [0, 0.05) is 17.8 Å². The summed E-state index contributed by atoms with van der Waals surface area (Å²) in [5.74, 6) is -1.08. The average Bonchev–Trinajstić information content (AvgIpc) is 2.71. The summed E-state index contributed by atoms with van der Waals surface area (Å²) in [6, 6.07) is 11.0. The van der Waals surface area contributed by atoms with Crippen molar-refractivity contribution >= 4 is 17.3 Å². The molecule has 0 bridgehead atoms.